The first-order chi connectivity index (χ1) is 13.6. The van der Waals surface area contributed by atoms with Gasteiger partial charge in [0.25, 0.3) is 5.91 Å². The van der Waals surface area contributed by atoms with Crippen molar-refractivity contribution in [1.29, 1.82) is 5.26 Å². The lowest BCUT2D eigenvalue weighted by atomic mass is 9.84. The number of carbonyl (C=O) groups excluding carboxylic acids is 3. The van der Waals surface area contributed by atoms with E-state index in [0.29, 0.717) is 18.4 Å². The van der Waals surface area contributed by atoms with E-state index in [1.54, 1.807) is 20.8 Å². The van der Waals surface area contributed by atoms with E-state index in [9.17, 15) is 24.0 Å². The van der Waals surface area contributed by atoms with Gasteiger partial charge in [-0.15, -0.1) is 0 Å². The molecule has 1 aromatic carbocycles. The molecule has 2 atom stereocenters. The second-order valence-corrected chi connectivity index (χ2v) is 7.85. The fourth-order valence-corrected chi connectivity index (χ4v) is 3.23. The van der Waals surface area contributed by atoms with Gasteiger partial charge >= 0.3 is 6.03 Å². The molecule has 0 spiro atoms. The molecule has 156 valence electrons. The second kappa shape index (κ2) is 8.60. The minimum absolute atomic E-state index is 0.164. The van der Waals surface area contributed by atoms with Gasteiger partial charge < -0.3 is 10.6 Å². The Morgan fingerprint density at radius 3 is 2.48 bits per heavy atom. The molecule has 1 heterocycles. The van der Waals surface area contributed by atoms with Crippen LogP contribution in [0.3, 0.4) is 0 Å². The van der Waals surface area contributed by atoms with Crippen LogP contribution in [-0.4, -0.2) is 34.8 Å². The van der Waals surface area contributed by atoms with Crippen molar-refractivity contribution in [2.24, 2.45) is 5.92 Å². The smallest absolute Gasteiger partial charge is 0.325 e. The molecular weight excluding hydrogens is 375 g/mol. The Labute approximate surface area is 170 Å². The summed E-state index contributed by atoms with van der Waals surface area (Å²) < 4.78 is 13.4. The summed E-state index contributed by atoms with van der Waals surface area (Å²) in [6.07, 6.45) is 1.78. The molecule has 1 aromatic rings. The maximum Gasteiger partial charge on any atom is 0.325 e. The van der Waals surface area contributed by atoms with Crippen LogP contribution < -0.4 is 10.6 Å². The molecule has 2 rings (SSSR count). The molecule has 1 saturated heterocycles. The number of carbonyl (C=O) groups is 3. The lowest BCUT2D eigenvalue weighted by Crippen LogP contribution is -2.52. The number of hydrogen-bond donors (Lipinski definition) is 2. The number of unbranched alkanes of at least 4 members (excludes halogenated alkanes) is 1. The highest BCUT2D eigenvalue weighted by atomic mass is 19.1. The maximum absolute atomic E-state index is 13.4. The largest absolute Gasteiger partial charge is 0.336 e. The van der Waals surface area contributed by atoms with Gasteiger partial charge in [-0.25, -0.2) is 9.18 Å². The molecule has 1 aliphatic heterocycles. The second-order valence-electron chi connectivity index (χ2n) is 7.85. The van der Waals surface area contributed by atoms with Gasteiger partial charge in [0.1, 0.15) is 23.4 Å². The molecule has 0 aliphatic carbocycles. The fraction of sp³-hybridized carbons (Fsp3) is 0.524. The zero-order valence-corrected chi connectivity index (χ0v) is 17.2. The molecule has 0 bridgehead atoms. The van der Waals surface area contributed by atoms with Gasteiger partial charge in [-0.1, -0.05) is 45.7 Å². The number of hydrogen-bond acceptors (Lipinski definition) is 4. The van der Waals surface area contributed by atoms with Gasteiger partial charge in [-0.2, -0.15) is 5.26 Å². The van der Waals surface area contributed by atoms with Crippen molar-refractivity contribution >= 4 is 17.8 Å². The monoisotopic (exact) mass is 402 g/mol. The first-order valence-corrected chi connectivity index (χ1v) is 9.72. The Morgan fingerprint density at radius 2 is 1.97 bits per heavy atom. The predicted octanol–water partition coefficient (Wildman–Crippen LogP) is 2.82. The van der Waals surface area contributed by atoms with E-state index in [4.69, 9.17) is 0 Å². The Hall–Kier alpha value is -2.95. The van der Waals surface area contributed by atoms with Crippen LogP contribution in [0.4, 0.5) is 9.18 Å². The molecule has 1 aliphatic rings. The van der Waals surface area contributed by atoms with E-state index in [0.717, 1.165) is 11.3 Å². The van der Waals surface area contributed by atoms with Crippen molar-refractivity contribution in [2.75, 3.05) is 6.54 Å². The molecule has 8 heteroatoms. The topological polar surface area (TPSA) is 102 Å². The minimum Gasteiger partial charge on any atom is -0.336 e. The SMILES string of the molecule is CCCC[C@]1(c2ccc(F)cc2)NC(=O)N(CC(=O)N[C@](C)(C#N)C(C)C)C1=O. The van der Waals surface area contributed by atoms with Gasteiger partial charge in [-0.05, 0) is 37.0 Å². The van der Waals surface area contributed by atoms with Crippen LogP contribution in [0.25, 0.3) is 0 Å². The molecule has 1 fully saturated rings. The molecule has 0 saturated carbocycles. The van der Waals surface area contributed by atoms with Crippen LogP contribution >= 0.6 is 0 Å². The minimum atomic E-state index is -1.34. The number of nitrogens with one attached hydrogen (secondary N) is 2. The number of halogens is 1. The molecular formula is C21H27FN4O3. The summed E-state index contributed by atoms with van der Waals surface area (Å²) in [4.78, 5) is 39.2. The van der Waals surface area contributed by atoms with Crippen LogP contribution in [-0.2, 0) is 15.1 Å². The van der Waals surface area contributed by atoms with Gasteiger partial charge in [0.05, 0.1) is 6.07 Å². The summed E-state index contributed by atoms with van der Waals surface area (Å²) in [5.74, 6) is -1.77. The standard InChI is InChI=1S/C21H27FN4O3/c1-5-6-11-21(15-7-9-16(22)10-8-15)18(28)26(19(29)25-21)12-17(27)24-20(4,13-23)14(2)3/h7-10,14H,5-6,11-12H2,1-4H3,(H,24,27)(H,25,29)/t20-,21-/m1/s1. The number of amides is 4. The van der Waals surface area contributed by atoms with Crippen molar-refractivity contribution in [1.82, 2.24) is 15.5 Å². The molecule has 2 N–H and O–H groups in total. The summed E-state index contributed by atoms with van der Waals surface area (Å²) in [6.45, 7) is 6.64. The summed E-state index contributed by atoms with van der Waals surface area (Å²) in [6, 6.07) is 6.78. The molecule has 0 radical (unpaired) electrons. The van der Waals surface area contributed by atoms with Crippen LogP contribution in [0.2, 0.25) is 0 Å². The van der Waals surface area contributed by atoms with Crippen LogP contribution in [0.15, 0.2) is 24.3 Å². The lowest BCUT2D eigenvalue weighted by molar-refractivity contribution is -0.136. The maximum atomic E-state index is 13.4. The first-order valence-electron chi connectivity index (χ1n) is 9.72. The lowest BCUT2D eigenvalue weighted by Gasteiger charge is -2.29. The van der Waals surface area contributed by atoms with Gasteiger partial charge in [0.15, 0.2) is 0 Å². The van der Waals surface area contributed by atoms with E-state index in [-0.39, 0.29) is 5.92 Å². The average Bonchev–Trinajstić information content (AvgIpc) is 2.91. The molecule has 29 heavy (non-hydrogen) atoms. The van der Waals surface area contributed by atoms with Crippen LogP contribution in [0, 0.1) is 23.1 Å². The highest BCUT2D eigenvalue weighted by molar-refractivity contribution is 6.09. The molecule has 7 nitrogen and oxygen atoms in total. The number of urea groups is 1. The summed E-state index contributed by atoms with van der Waals surface area (Å²) in [5, 5.41) is 14.7. The summed E-state index contributed by atoms with van der Waals surface area (Å²) in [7, 11) is 0. The third-order valence-corrected chi connectivity index (χ3v) is 5.51. The number of nitrogens with zero attached hydrogens (tertiary/aromatic N) is 2. The van der Waals surface area contributed by atoms with E-state index in [2.05, 4.69) is 16.7 Å². The molecule has 0 unspecified atom stereocenters. The zero-order chi connectivity index (χ0) is 21.8. The Balaban J connectivity index is 2.28. The number of imide groups is 1. The van der Waals surface area contributed by atoms with Crippen LogP contribution in [0.1, 0.15) is 52.5 Å². The third kappa shape index (κ3) is 4.39. The highest BCUT2D eigenvalue weighted by Gasteiger charge is 2.52. The van der Waals surface area contributed by atoms with Crippen molar-refractivity contribution < 1.29 is 18.8 Å². The Kier molecular flexibility index (Phi) is 6.62. The Morgan fingerprint density at radius 1 is 1.34 bits per heavy atom. The number of rotatable bonds is 8. The predicted molar refractivity (Wildman–Crippen MR) is 105 cm³/mol. The van der Waals surface area contributed by atoms with Crippen molar-refractivity contribution in [3.63, 3.8) is 0 Å². The van der Waals surface area contributed by atoms with Crippen molar-refractivity contribution in [3.8, 4) is 6.07 Å². The quantitative estimate of drug-likeness (QED) is 0.653. The third-order valence-electron chi connectivity index (χ3n) is 5.51. The molecule has 0 aromatic heterocycles. The van der Waals surface area contributed by atoms with E-state index in [1.165, 1.54) is 24.3 Å². The normalized spacial score (nSPS) is 20.9. The van der Waals surface area contributed by atoms with Crippen LogP contribution in [0.5, 0.6) is 0 Å². The first kappa shape index (κ1) is 22.3. The van der Waals surface area contributed by atoms with E-state index < -0.39 is 41.3 Å². The van der Waals surface area contributed by atoms with Gasteiger partial charge in [0, 0.05) is 0 Å². The van der Waals surface area contributed by atoms with E-state index >= 15 is 0 Å². The fourth-order valence-electron chi connectivity index (χ4n) is 3.23. The molecule has 4 amide bonds. The average molecular weight is 402 g/mol. The van der Waals surface area contributed by atoms with Crippen molar-refractivity contribution in [3.05, 3.63) is 35.6 Å². The van der Waals surface area contributed by atoms with Crippen molar-refractivity contribution in [2.45, 2.75) is 58.0 Å². The van der Waals surface area contributed by atoms with E-state index in [1.807, 2.05) is 6.92 Å². The summed E-state index contributed by atoms with van der Waals surface area (Å²) in [5.41, 5.74) is -1.98. The van der Waals surface area contributed by atoms with Gasteiger partial charge in [-0.3, -0.25) is 14.5 Å². The van der Waals surface area contributed by atoms with Gasteiger partial charge in [0.2, 0.25) is 5.91 Å². The summed E-state index contributed by atoms with van der Waals surface area (Å²) >= 11 is 0. The number of nitriles is 1. The highest BCUT2D eigenvalue weighted by Crippen LogP contribution is 2.34. The number of benzene rings is 1. The zero-order valence-electron chi connectivity index (χ0n) is 17.2. The Bertz CT molecular complexity index is 833.